The molecule has 2 aromatic carbocycles. The summed E-state index contributed by atoms with van der Waals surface area (Å²) in [4.78, 5) is 11.9. The first-order valence-corrected chi connectivity index (χ1v) is 9.79. The fourth-order valence-electron chi connectivity index (χ4n) is 2.96. The second-order valence-corrected chi connectivity index (χ2v) is 6.77. The minimum atomic E-state index is -0.159. The summed E-state index contributed by atoms with van der Waals surface area (Å²) in [5.41, 5.74) is 2.03. The number of unbranched alkanes of at least 4 members (excludes halogenated alkanes) is 7. The van der Waals surface area contributed by atoms with Gasteiger partial charge >= 0.3 is 5.97 Å². The molecule has 0 atom stereocenters. The first-order chi connectivity index (χ1) is 12.7. The number of hydrogen-bond acceptors (Lipinski definition) is 3. The van der Waals surface area contributed by atoms with Gasteiger partial charge in [0.05, 0.1) is 0 Å². The van der Waals surface area contributed by atoms with E-state index in [1.165, 1.54) is 38.5 Å². The highest BCUT2D eigenvalue weighted by Crippen LogP contribution is 2.24. The molecule has 2 rings (SSSR count). The highest BCUT2D eigenvalue weighted by atomic mass is 16.5. The number of esters is 1. The molecule has 0 radical (unpaired) electrons. The molecule has 26 heavy (non-hydrogen) atoms. The number of carbonyl (C=O) groups excluding carboxylic acids is 1. The van der Waals surface area contributed by atoms with Crippen molar-refractivity contribution in [3.8, 4) is 22.6 Å². The number of ether oxygens (including phenoxy) is 1. The summed E-state index contributed by atoms with van der Waals surface area (Å²) in [6, 6.07) is 14.5. The maximum atomic E-state index is 11.9. The van der Waals surface area contributed by atoms with Crippen molar-refractivity contribution in [3.05, 3.63) is 48.5 Å². The second kappa shape index (κ2) is 11.3. The Morgan fingerprint density at radius 3 is 1.85 bits per heavy atom. The monoisotopic (exact) mass is 354 g/mol. The molecule has 1 N–H and O–H groups in total. The number of phenolic OH excluding ortho intramolecular Hbond substituents is 1. The summed E-state index contributed by atoms with van der Waals surface area (Å²) < 4.78 is 5.41. The summed E-state index contributed by atoms with van der Waals surface area (Å²) in [5, 5.41) is 9.34. The SMILES string of the molecule is CCCCCCCCCCC(=O)Oc1ccc(-c2ccc(O)cc2)cc1. The average Bonchev–Trinajstić information content (AvgIpc) is 2.65. The molecule has 0 aliphatic rings. The number of rotatable bonds is 11. The molecule has 0 saturated carbocycles. The van der Waals surface area contributed by atoms with Crippen LogP contribution in [0.4, 0.5) is 0 Å². The van der Waals surface area contributed by atoms with E-state index >= 15 is 0 Å². The Balaban J connectivity index is 1.66. The molecule has 3 heteroatoms. The van der Waals surface area contributed by atoms with Crippen molar-refractivity contribution in [3.63, 3.8) is 0 Å². The van der Waals surface area contributed by atoms with E-state index in [1.807, 2.05) is 36.4 Å². The van der Waals surface area contributed by atoms with E-state index in [0.29, 0.717) is 12.2 Å². The zero-order valence-electron chi connectivity index (χ0n) is 15.7. The Kier molecular flexibility index (Phi) is 8.74. The number of carbonyl (C=O) groups is 1. The normalized spacial score (nSPS) is 10.7. The molecule has 0 aliphatic carbocycles. The third kappa shape index (κ3) is 7.30. The molecule has 0 spiro atoms. The Morgan fingerprint density at radius 2 is 1.27 bits per heavy atom. The van der Waals surface area contributed by atoms with Crippen LogP contribution in [0.15, 0.2) is 48.5 Å². The van der Waals surface area contributed by atoms with Crippen LogP contribution in [-0.2, 0) is 4.79 Å². The average molecular weight is 354 g/mol. The minimum Gasteiger partial charge on any atom is -0.508 e. The third-order valence-corrected chi connectivity index (χ3v) is 4.52. The lowest BCUT2D eigenvalue weighted by Gasteiger charge is -2.06. The van der Waals surface area contributed by atoms with Crippen molar-refractivity contribution in [2.75, 3.05) is 0 Å². The fraction of sp³-hybridized carbons (Fsp3) is 0.435. The van der Waals surface area contributed by atoms with Crippen molar-refractivity contribution in [1.29, 1.82) is 0 Å². The van der Waals surface area contributed by atoms with Crippen LogP contribution in [0.3, 0.4) is 0 Å². The Hall–Kier alpha value is -2.29. The van der Waals surface area contributed by atoms with Gasteiger partial charge in [-0.05, 0) is 41.8 Å². The van der Waals surface area contributed by atoms with Crippen molar-refractivity contribution >= 4 is 5.97 Å². The summed E-state index contributed by atoms with van der Waals surface area (Å²) >= 11 is 0. The van der Waals surface area contributed by atoms with Crippen molar-refractivity contribution in [2.45, 2.75) is 64.7 Å². The quantitative estimate of drug-likeness (QED) is 0.285. The van der Waals surface area contributed by atoms with Crippen LogP contribution in [0.5, 0.6) is 11.5 Å². The van der Waals surface area contributed by atoms with E-state index in [1.54, 1.807) is 12.1 Å². The molecule has 0 aliphatic heterocycles. The highest BCUT2D eigenvalue weighted by molar-refractivity contribution is 5.73. The van der Waals surface area contributed by atoms with Gasteiger partial charge in [0.1, 0.15) is 11.5 Å². The molecule has 0 heterocycles. The summed E-state index contributed by atoms with van der Waals surface area (Å²) in [7, 11) is 0. The number of phenols is 1. The largest absolute Gasteiger partial charge is 0.508 e. The summed E-state index contributed by atoms with van der Waals surface area (Å²) in [6.07, 6.45) is 10.2. The molecule has 140 valence electrons. The molecule has 0 fully saturated rings. The lowest BCUT2D eigenvalue weighted by atomic mass is 10.1. The molecule has 0 unspecified atom stereocenters. The second-order valence-electron chi connectivity index (χ2n) is 6.77. The minimum absolute atomic E-state index is 0.159. The topological polar surface area (TPSA) is 46.5 Å². The van der Waals surface area contributed by atoms with Gasteiger partial charge in [-0.1, -0.05) is 76.1 Å². The van der Waals surface area contributed by atoms with Crippen LogP contribution in [0.2, 0.25) is 0 Å². The lowest BCUT2D eigenvalue weighted by molar-refractivity contribution is -0.134. The standard InChI is InChI=1S/C23H30O3/c1-2-3-4-5-6-7-8-9-10-23(25)26-22-17-13-20(14-18-22)19-11-15-21(24)16-12-19/h11-18,24H,2-10H2,1H3. The molecule has 0 amide bonds. The number of aromatic hydroxyl groups is 1. The van der Waals surface area contributed by atoms with Gasteiger partial charge in [-0.25, -0.2) is 0 Å². The first-order valence-electron chi connectivity index (χ1n) is 9.79. The fourth-order valence-corrected chi connectivity index (χ4v) is 2.96. The number of benzene rings is 2. The maximum Gasteiger partial charge on any atom is 0.311 e. The van der Waals surface area contributed by atoms with Gasteiger partial charge in [-0.2, -0.15) is 0 Å². The maximum absolute atomic E-state index is 11.9. The van der Waals surface area contributed by atoms with Crippen molar-refractivity contribution in [1.82, 2.24) is 0 Å². The van der Waals surface area contributed by atoms with Crippen LogP contribution in [0, 0.1) is 0 Å². The Labute approximate surface area is 157 Å². The predicted octanol–water partition coefficient (Wildman–Crippen LogP) is 6.50. The molecule has 0 bridgehead atoms. The molecular formula is C23H30O3. The zero-order valence-corrected chi connectivity index (χ0v) is 15.7. The highest BCUT2D eigenvalue weighted by Gasteiger charge is 2.05. The molecule has 0 saturated heterocycles. The van der Waals surface area contributed by atoms with Crippen molar-refractivity contribution in [2.24, 2.45) is 0 Å². The van der Waals surface area contributed by atoms with Crippen LogP contribution < -0.4 is 4.74 Å². The molecule has 2 aromatic rings. The van der Waals surface area contributed by atoms with Crippen LogP contribution in [-0.4, -0.2) is 11.1 Å². The van der Waals surface area contributed by atoms with Crippen LogP contribution >= 0.6 is 0 Å². The van der Waals surface area contributed by atoms with E-state index < -0.39 is 0 Å². The summed E-state index contributed by atoms with van der Waals surface area (Å²) in [6.45, 7) is 2.23. The van der Waals surface area contributed by atoms with Crippen molar-refractivity contribution < 1.29 is 14.6 Å². The molecule has 3 nitrogen and oxygen atoms in total. The summed E-state index contributed by atoms with van der Waals surface area (Å²) in [5.74, 6) is 0.672. The Bertz CT molecular complexity index is 644. The van der Waals surface area contributed by atoms with E-state index in [2.05, 4.69) is 6.92 Å². The van der Waals surface area contributed by atoms with Gasteiger partial charge < -0.3 is 9.84 Å². The number of hydrogen-bond donors (Lipinski definition) is 1. The van der Waals surface area contributed by atoms with Gasteiger partial charge in [0.15, 0.2) is 0 Å². The molecule has 0 aromatic heterocycles. The predicted molar refractivity (Wildman–Crippen MR) is 106 cm³/mol. The third-order valence-electron chi connectivity index (χ3n) is 4.52. The van der Waals surface area contributed by atoms with E-state index in [4.69, 9.17) is 4.74 Å². The molecular weight excluding hydrogens is 324 g/mol. The smallest absolute Gasteiger partial charge is 0.311 e. The van der Waals surface area contributed by atoms with Gasteiger partial charge in [-0.3, -0.25) is 4.79 Å². The van der Waals surface area contributed by atoms with Crippen LogP contribution in [0.25, 0.3) is 11.1 Å². The lowest BCUT2D eigenvalue weighted by Crippen LogP contribution is -2.07. The van der Waals surface area contributed by atoms with E-state index in [-0.39, 0.29) is 11.7 Å². The first kappa shape index (κ1) is 20.0. The van der Waals surface area contributed by atoms with Gasteiger partial charge in [0.2, 0.25) is 0 Å². The Morgan fingerprint density at radius 1 is 0.769 bits per heavy atom. The van der Waals surface area contributed by atoms with Gasteiger partial charge in [-0.15, -0.1) is 0 Å². The van der Waals surface area contributed by atoms with Gasteiger partial charge in [0.25, 0.3) is 0 Å². The zero-order chi connectivity index (χ0) is 18.6. The van der Waals surface area contributed by atoms with Gasteiger partial charge in [0, 0.05) is 6.42 Å². The van der Waals surface area contributed by atoms with Crippen LogP contribution in [0.1, 0.15) is 64.7 Å². The van der Waals surface area contributed by atoms with E-state index in [9.17, 15) is 9.90 Å². The van der Waals surface area contributed by atoms with E-state index in [0.717, 1.165) is 24.0 Å².